The fourth-order valence-electron chi connectivity index (χ4n) is 3.22. The number of aryl methyl sites for hydroxylation is 1. The van der Waals surface area contributed by atoms with Crippen LogP contribution in [0.3, 0.4) is 0 Å². The molecule has 0 aliphatic carbocycles. The number of hydrogen-bond acceptors (Lipinski definition) is 6. The summed E-state index contributed by atoms with van der Waals surface area (Å²) in [6, 6.07) is 2.07. The van der Waals surface area contributed by atoms with Gasteiger partial charge in [0.2, 0.25) is 0 Å². The molecule has 6 nitrogen and oxygen atoms in total. The minimum absolute atomic E-state index is 0.469. The smallest absolute Gasteiger partial charge is 0.156 e. The third-order valence-electron chi connectivity index (χ3n) is 4.40. The molecule has 0 spiro atoms. The summed E-state index contributed by atoms with van der Waals surface area (Å²) in [5.74, 6) is 2.52. The van der Waals surface area contributed by atoms with Crippen molar-refractivity contribution in [1.29, 1.82) is 0 Å². The Kier molecular flexibility index (Phi) is 5.23. The predicted octanol–water partition coefficient (Wildman–Crippen LogP) is 1.09. The maximum absolute atomic E-state index is 5.47. The standard InChI is InChI=1S/C16H26N4O2/c1-13-9-16(18-15(17-13)12-21-2)20-6-4-19(5-7-20)10-14-3-8-22-11-14/h9,14H,3-8,10-12H2,1-2H3. The monoisotopic (exact) mass is 306 g/mol. The van der Waals surface area contributed by atoms with Gasteiger partial charge in [0, 0.05) is 58.2 Å². The van der Waals surface area contributed by atoms with Gasteiger partial charge in [0.25, 0.3) is 0 Å². The summed E-state index contributed by atoms with van der Waals surface area (Å²) in [5, 5.41) is 0. The van der Waals surface area contributed by atoms with Gasteiger partial charge in [0.1, 0.15) is 12.4 Å². The first-order valence-electron chi connectivity index (χ1n) is 8.13. The van der Waals surface area contributed by atoms with E-state index in [0.29, 0.717) is 6.61 Å². The molecule has 0 radical (unpaired) electrons. The van der Waals surface area contributed by atoms with E-state index in [4.69, 9.17) is 9.47 Å². The van der Waals surface area contributed by atoms with Crippen LogP contribution in [0.1, 0.15) is 17.9 Å². The molecule has 3 heterocycles. The molecule has 0 saturated carbocycles. The minimum atomic E-state index is 0.469. The Hall–Kier alpha value is -1.24. The first kappa shape index (κ1) is 15.6. The van der Waals surface area contributed by atoms with Gasteiger partial charge in [-0.3, -0.25) is 4.90 Å². The zero-order valence-electron chi connectivity index (χ0n) is 13.6. The molecule has 3 rings (SSSR count). The summed E-state index contributed by atoms with van der Waals surface area (Å²) in [4.78, 5) is 14.0. The Morgan fingerprint density at radius 3 is 2.77 bits per heavy atom. The molecule has 1 aromatic heterocycles. The van der Waals surface area contributed by atoms with Crippen molar-refractivity contribution >= 4 is 5.82 Å². The summed E-state index contributed by atoms with van der Waals surface area (Å²) in [6.07, 6.45) is 1.21. The number of aromatic nitrogens is 2. The third-order valence-corrected chi connectivity index (χ3v) is 4.40. The van der Waals surface area contributed by atoms with Crippen molar-refractivity contribution in [3.8, 4) is 0 Å². The van der Waals surface area contributed by atoms with Crippen LogP contribution in [0.5, 0.6) is 0 Å². The number of hydrogen-bond donors (Lipinski definition) is 0. The minimum Gasteiger partial charge on any atom is -0.381 e. The Morgan fingerprint density at radius 1 is 1.27 bits per heavy atom. The lowest BCUT2D eigenvalue weighted by Gasteiger charge is -2.36. The van der Waals surface area contributed by atoms with E-state index in [2.05, 4.69) is 25.8 Å². The predicted molar refractivity (Wildman–Crippen MR) is 85.1 cm³/mol. The SMILES string of the molecule is COCc1nc(C)cc(N2CCN(CC3CCOC3)CC2)n1. The highest BCUT2D eigenvalue weighted by molar-refractivity contribution is 5.40. The summed E-state index contributed by atoms with van der Waals surface area (Å²) >= 11 is 0. The highest BCUT2D eigenvalue weighted by atomic mass is 16.5. The van der Waals surface area contributed by atoms with Crippen LogP contribution in [0, 0.1) is 12.8 Å². The largest absolute Gasteiger partial charge is 0.381 e. The topological polar surface area (TPSA) is 50.7 Å². The van der Waals surface area contributed by atoms with Gasteiger partial charge in [-0.1, -0.05) is 0 Å². The molecule has 22 heavy (non-hydrogen) atoms. The van der Waals surface area contributed by atoms with Crippen LogP contribution in [0.25, 0.3) is 0 Å². The molecule has 0 aromatic carbocycles. The van der Waals surface area contributed by atoms with Gasteiger partial charge in [-0.15, -0.1) is 0 Å². The van der Waals surface area contributed by atoms with Crippen molar-refractivity contribution in [3.05, 3.63) is 17.6 Å². The molecular weight excluding hydrogens is 280 g/mol. The lowest BCUT2D eigenvalue weighted by Crippen LogP contribution is -2.48. The molecule has 2 aliphatic rings. The van der Waals surface area contributed by atoms with E-state index in [-0.39, 0.29) is 0 Å². The normalized spacial score (nSPS) is 23.2. The van der Waals surface area contributed by atoms with Crippen molar-refractivity contribution in [3.63, 3.8) is 0 Å². The first-order valence-corrected chi connectivity index (χ1v) is 8.13. The fraction of sp³-hybridized carbons (Fsp3) is 0.750. The fourth-order valence-corrected chi connectivity index (χ4v) is 3.22. The van der Waals surface area contributed by atoms with Crippen LogP contribution in [-0.2, 0) is 16.1 Å². The molecule has 1 atom stereocenters. The molecular formula is C16H26N4O2. The highest BCUT2D eigenvalue weighted by Gasteiger charge is 2.23. The number of piperazine rings is 1. The van der Waals surface area contributed by atoms with E-state index in [1.807, 2.05) is 6.92 Å². The number of nitrogens with zero attached hydrogens (tertiary/aromatic N) is 4. The molecule has 0 amide bonds. The Labute approximate surface area is 132 Å². The van der Waals surface area contributed by atoms with E-state index in [1.54, 1.807) is 7.11 Å². The lowest BCUT2D eigenvalue weighted by atomic mass is 10.1. The molecule has 2 saturated heterocycles. The second-order valence-corrected chi connectivity index (χ2v) is 6.23. The van der Waals surface area contributed by atoms with E-state index < -0.39 is 0 Å². The average Bonchev–Trinajstić information content (AvgIpc) is 3.01. The van der Waals surface area contributed by atoms with Crippen LogP contribution in [-0.4, -0.2) is 67.9 Å². The van der Waals surface area contributed by atoms with Gasteiger partial charge in [0.15, 0.2) is 5.82 Å². The third kappa shape index (κ3) is 3.94. The Balaban J connectivity index is 1.56. The summed E-state index contributed by atoms with van der Waals surface area (Å²) < 4.78 is 10.6. The lowest BCUT2D eigenvalue weighted by molar-refractivity contribution is 0.164. The number of anilines is 1. The molecule has 6 heteroatoms. The second-order valence-electron chi connectivity index (χ2n) is 6.23. The molecule has 0 N–H and O–H groups in total. The maximum atomic E-state index is 5.47. The Bertz CT molecular complexity index is 483. The van der Waals surface area contributed by atoms with E-state index in [9.17, 15) is 0 Å². The summed E-state index contributed by atoms with van der Waals surface area (Å²) in [6.45, 7) is 9.77. The van der Waals surface area contributed by atoms with Crippen molar-refractivity contribution in [2.24, 2.45) is 5.92 Å². The molecule has 1 aromatic rings. The van der Waals surface area contributed by atoms with Crippen molar-refractivity contribution in [2.45, 2.75) is 20.0 Å². The summed E-state index contributed by atoms with van der Waals surface area (Å²) in [7, 11) is 1.68. The zero-order chi connectivity index (χ0) is 15.4. The number of rotatable bonds is 5. The molecule has 2 aliphatic heterocycles. The second kappa shape index (κ2) is 7.35. The van der Waals surface area contributed by atoms with Gasteiger partial charge in [-0.2, -0.15) is 0 Å². The van der Waals surface area contributed by atoms with Crippen molar-refractivity contribution in [2.75, 3.05) is 57.9 Å². The summed E-state index contributed by atoms with van der Waals surface area (Å²) in [5.41, 5.74) is 1.00. The highest BCUT2D eigenvalue weighted by Crippen LogP contribution is 2.18. The van der Waals surface area contributed by atoms with Crippen LogP contribution < -0.4 is 4.90 Å². The molecule has 122 valence electrons. The quantitative estimate of drug-likeness (QED) is 0.812. The van der Waals surface area contributed by atoms with Crippen LogP contribution in [0.15, 0.2) is 6.07 Å². The van der Waals surface area contributed by atoms with E-state index in [1.165, 1.54) is 13.0 Å². The van der Waals surface area contributed by atoms with Crippen molar-refractivity contribution < 1.29 is 9.47 Å². The van der Waals surface area contributed by atoms with E-state index >= 15 is 0 Å². The first-order chi connectivity index (χ1) is 10.7. The van der Waals surface area contributed by atoms with E-state index in [0.717, 1.165) is 62.6 Å². The zero-order valence-corrected chi connectivity index (χ0v) is 13.6. The van der Waals surface area contributed by atoms with Gasteiger partial charge in [-0.05, 0) is 19.3 Å². The van der Waals surface area contributed by atoms with Gasteiger partial charge >= 0.3 is 0 Å². The average molecular weight is 306 g/mol. The van der Waals surface area contributed by atoms with Gasteiger partial charge in [-0.25, -0.2) is 9.97 Å². The molecule has 2 fully saturated rings. The number of methoxy groups -OCH3 is 1. The molecule has 0 bridgehead atoms. The Morgan fingerprint density at radius 2 is 2.09 bits per heavy atom. The van der Waals surface area contributed by atoms with Gasteiger partial charge in [0.05, 0.1) is 6.61 Å². The van der Waals surface area contributed by atoms with Crippen LogP contribution in [0.4, 0.5) is 5.82 Å². The van der Waals surface area contributed by atoms with Gasteiger partial charge < -0.3 is 14.4 Å². The van der Waals surface area contributed by atoms with Crippen LogP contribution in [0.2, 0.25) is 0 Å². The maximum Gasteiger partial charge on any atom is 0.156 e. The van der Waals surface area contributed by atoms with Crippen LogP contribution >= 0.6 is 0 Å². The number of ether oxygens (including phenoxy) is 2. The van der Waals surface area contributed by atoms with Crippen molar-refractivity contribution in [1.82, 2.24) is 14.9 Å². The molecule has 1 unspecified atom stereocenters.